The Morgan fingerprint density at radius 1 is 0.826 bits per heavy atom. The van der Waals surface area contributed by atoms with Gasteiger partial charge in [-0.05, 0) is 36.1 Å². The molecule has 2 nitrogen and oxygen atoms in total. The summed E-state index contributed by atoms with van der Waals surface area (Å²) in [7, 11) is 0. The number of thiophene rings is 1. The standard InChI is InChI=1S/C20H16N2S/c1-15-19(16-9-4-2-5-10-16)20(18-13-8-14-23-18)21-22(15)17-11-6-3-7-12-17/h2-14H,1H3. The second-order valence-corrected chi connectivity index (χ2v) is 6.35. The Bertz CT molecular complexity index is 907. The van der Waals surface area contributed by atoms with Crippen molar-refractivity contribution in [3.8, 4) is 27.4 Å². The zero-order valence-electron chi connectivity index (χ0n) is 12.8. The summed E-state index contributed by atoms with van der Waals surface area (Å²) in [5, 5.41) is 7.02. The van der Waals surface area contributed by atoms with Crippen molar-refractivity contribution < 1.29 is 0 Å². The maximum absolute atomic E-state index is 4.93. The number of nitrogens with zero attached hydrogens (tertiary/aromatic N) is 2. The minimum Gasteiger partial charge on any atom is -0.237 e. The van der Waals surface area contributed by atoms with E-state index in [1.807, 2.05) is 28.9 Å². The van der Waals surface area contributed by atoms with Crippen LogP contribution >= 0.6 is 11.3 Å². The molecule has 4 rings (SSSR count). The van der Waals surface area contributed by atoms with E-state index in [9.17, 15) is 0 Å². The molecule has 0 bridgehead atoms. The summed E-state index contributed by atoms with van der Waals surface area (Å²) in [6, 6.07) is 25.0. The van der Waals surface area contributed by atoms with Crippen molar-refractivity contribution in [2.75, 3.05) is 0 Å². The first-order chi connectivity index (χ1) is 11.3. The van der Waals surface area contributed by atoms with Gasteiger partial charge in [-0.15, -0.1) is 11.3 Å². The van der Waals surface area contributed by atoms with Crippen LogP contribution in [0.5, 0.6) is 0 Å². The van der Waals surface area contributed by atoms with Gasteiger partial charge in [0, 0.05) is 11.3 Å². The molecule has 2 heterocycles. The number of para-hydroxylation sites is 1. The lowest BCUT2D eigenvalue weighted by molar-refractivity contribution is 0.851. The van der Waals surface area contributed by atoms with E-state index in [1.165, 1.54) is 16.0 Å². The predicted octanol–water partition coefficient (Wildman–Crippen LogP) is 5.58. The quantitative estimate of drug-likeness (QED) is 0.482. The van der Waals surface area contributed by atoms with E-state index in [-0.39, 0.29) is 0 Å². The van der Waals surface area contributed by atoms with Crippen LogP contribution in [0.2, 0.25) is 0 Å². The molecule has 3 heteroatoms. The summed E-state index contributed by atoms with van der Waals surface area (Å²) < 4.78 is 2.04. The molecule has 0 fully saturated rings. The fourth-order valence-corrected chi connectivity index (χ4v) is 3.57. The molecule has 23 heavy (non-hydrogen) atoms. The first kappa shape index (κ1) is 14.0. The number of hydrogen-bond donors (Lipinski definition) is 0. The largest absolute Gasteiger partial charge is 0.237 e. The molecule has 0 radical (unpaired) electrons. The zero-order chi connectivity index (χ0) is 15.6. The molecule has 0 unspecified atom stereocenters. The van der Waals surface area contributed by atoms with E-state index in [1.54, 1.807) is 11.3 Å². The number of hydrogen-bond acceptors (Lipinski definition) is 2. The first-order valence-corrected chi connectivity index (χ1v) is 8.47. The normalized spacial score (nSPS) is 10.8. The summed E-state index contributed by atoms with van der Waals surface area (Å²) in [4.78, 5) is 1.20. The number of aromatic nitrogens is 2. The lowest BCUT2D eigenvalue weighted by Gasteiger charge is -2.05. The molecule has 0 aliphatic rings. The molecule has 112 valence electrons. The third-order valence-electron chi connectivity index (χ3n) is 3.93. The van der Waals surface area contributed by atoms with Crippen LogP contribution < -0.4 is 0 Å². The maximum Gasteiger partial charge on any atom is 0.111 e. The van der Waals surface area contributed by atoms with E-state index < -0.39 is 0 Å². The molecule has 2 aromatic heterocycles. The van der Waals surface area contributed by atoms with Crippen LogP contribution in [-0.4, -0.2) is 9.78 Å². The van der Waals surface area contributed by atoms with Crippen molar-refractivity contribution in [3.05, 3.63) is 83.9 Å². The third-order valence-corrected chi connectivity index (χ3v) is 4.81. The molecule has 0 amide bonds. The lowest BCUT2D eigenvalue weighted by atomic mass is 10.0. The van der Waals surface area contributed by atoms with Crippen LogP contribution in [0.25, 0.3) is 27.4 Å². The highest BCUT2D eigenvalue weighted by atomic mass is 32.1. The van der Waals surface area contributed by atoms with Gasteiger partial charge in [0.1, 0.15) is 5.69 Å². The van der Waals surface area contributed by atoms with Gasteiger partial charge in [-0.1, -0.05) is 54.6 Å². The van der Waals surface area contributed by atoms with E-state index in [0.29, 0.717) is 0 Å². The van der Waals surface area contributed by atoms with E-state index in [4.69, 9.17) is 5.10 Å². The molecule has 0 atom stereocenters. The zero-order valence-corrected chi connectivity index (χ0v) is 13.6. The van der Waals surface area contributed by atoms with Gasteiger partial charge < -0.3 is 0 Å². The van der Waals surface area contributed by atoms with Crippen molar-refractivity contribution >= 4 is 11.3 Å². The molecule has 0 aliphatic heterocycles. The molecule has 0 N–H and O–H groups in total. The Kier molecular flexibility index (Phi) is 3.56. The molecule has 0 saturated carbocycles. The van der Waals surface area contributed by atoms with Crippen molar-refractivity contribution in [2.45, 2.75) is 6.92 Å². The van der Waals surface area contributed by atoms with Crippen LogP contribution in [0, 0.1) is 6.92 Å². The Morgan fingerprint density at radius 2 is 1.52 bits per heavy atom. The average molecular weight is 316 g/mol. The molecule has 0 aliphatic carbocycles. The SMILES string of the molecule is Cc1c(-c2ccccc2)c(-c2cccs2)nn1-c1ccccc1. The molecule has 4 aromatic rings. The maximum atomic E-state index is 4.93. The monoisotopic (exact) mass is 316 g/mol. The minimum absolute atomic E-state index is 1.05. The van der Waals surface area contributed by atoms with Crippen LogP contribution in [0.1, 0.15) is 5.69 Å². The van der Waals surface area contributed by atoms with Gasteiger partial charge in [0.05, 0.1) is 10.6 Å². The fourth-order valence-electron chi connectivity index (χ4n) is 2.86. The summed E-state index contributed by atoms with van der Waals surface area (Å²) >= 11 is 1.73. The van der Waals surface area contributed by atoms with Gasteiger partial charge in [-0.3, -0.25) is 0 Å². The summed E-state index contributed by atoms with van der Waals surface area (Å²) in [5.74, 6) is 0. The van der Waals surface area contributed by atoms with Gasteiger partial charge in [-0.2, -0.15) is 5.10 Å². The summed E-state index contributed by atoms with van der Waals surface area (Å²) in [5.41, 5.74) is 5.70. The third kappa shape index (κ3) is 2.49. The Hall–Kier alpha value is -2.65. The minimum atomic E-state index is 1.05. The fraction of sp³-hybridized carbons (Fsp3) is 0.0500. The van der Waals surface area contributed by atoms with Gasteiger partial charge in [0.2, 0.25) is 0 Å². The number of rotatable bonds is 3. The van der Waals surface area contributed by atoms with Crippen molar-refractivity contribution in [1.29, 1.82) is 0 Å². The molecular formula is C20H16N2S. The highest BCUT2D eigenvalue weighted by Crippen LogP contribution is 2.37. The van der Waals surface area contributed by atoms with Crippen molar-refractivity contribution in [3.63, 3.8) is 0 Å². The highest BCUT2D eigenvalue weighted by Gasteiger charge is 2.19. The van der Waals surface area contributed by atoms with Gasteiger partial charge in [-0.25, -0.2) is 4.68 Å². The molecule has 0 spiro atoms. The van der Waals surface area contributed by atoms with E-state index >= 15 is 0 Å². The van der Waals surface area contributed by atoms with Crippen LogP contribution in [0.3, 0.4) is 0 Å². The molecule has 2 aromatic carbocycles. The Balaban J connectivity index is 1.98. The Labute approximate surface area is 139 Å². The van der Waals surface area contributed by atoms with Crippen molar-refractivity contribution in [2.24, 2.45) is 0 Å². The second-order valence-electron chi connectivity index (χ2n) is 5.40. The van der Waals surface area contributed by atoms with Crippen LogP contribution in [-0.2, 0) is 0 Å². The predicted molar refractivity (Wildman–Crippen MR) is 97.1 cm³/mol. The van der Waals surface area contributed by atoms with E-state index in [2.05, 4.69) is 60.8 Å². The van der Waals surface area contributed by atoms with Gasteiger partial charge in [0.15, 0.2) is 0 Å². The Morgan fingerprint density at radius 3 is 2.17 bits per heavy atom. The molecule has 0 saturated heterocycles. The molecular weight excluding hydrogens is 300 g/mol. The first-order valence-electron chi connectivity index (χ1n) is 7.59. The van der Waals surface area contributed by atoms with E-state index in [0.717, 1.165) is 17.1 Å². The van der Waals surface area contributed by atoms with Gasteiger partial charge in [0.25, 0.3) is 0 Å². The smallest absolute Gasteiger partial charge is 0.111 e. The number of benzene rings is 2. The summed E-state index contributed by atoms with van der Waals surface area (Å²) in [6.07, 6.45) is 0. The van der Waals surface area contributed by atoms with Crippen molar-refractivity contribution in [1.82, 2.24) is 9.78 Å². The average Bonchev–Trinajstić information content (AvgIpc) is 3.24. The van der Waals surface area contributed by atoms with Crippen LogP contribution in [0.4, 0.5) is 0 Å². The summed E-state index contributed by atoms with van der Waals surface area (Å²) in [6.45, 7) is 2.14. The lowest BCUT2D eigenvalue weighted by Crippen LogP contribution is -1.98. The second kappa shape index (κ2) is 5.86. The van der Waals surface area contributed by atoms with Crippen LogP contribution in [0.15, 0.2) is 78.2 Å². The highest BCUT2D eigenvalue weighted by molar-refractivity contribution is 7.13. The van der Waals surface area contributed by atoms with Gasteiger partial charge >= 0.3 is 0 Å². The topological polar surface area (TPSA) is 17.8 Å².